The minimum absolute atomic E-state index is 0.154. The number of urea groups is 1. The molecule has 0 atom stereocenters. The van der Waals surface area contributed by atoms with Gasteiger partial charge in [0, 0.05) is 13.1 Å². The lowest BCUT2D eigenvalue weighted by Crippen LogP contribution is -2.40. The van der Waals surface area contributed by atoms with Gasteiger partial charge in [-0.2, -0.15) is 13.2 Å². The minimum Gasteiger partial charge on any atom is -0.335 e. The van der Waals surface area contributed by atoms with Gasteiger partial charge in [-0.3, -0.25) is 0 Å². The number of carbonyl (C=O) groups is 1. The van der Waals surface area contributed by atoms with Crippen LogP contribution in [0.5, 0.6) is 0 Å². The van der Waals surface area contributed by atoms with E-state index in [0.717, 1.165) is 0 Å². The van der Waals surface area contributed by atoms with Crippen molar-refractivity contribution in [1.29, 1.82) is 0 Å². The Hall–Kier alpha value is -1.24. The van der Waals surface area contributed by atoms with Crippen molar-refractivity contribution in [2.45, 2.75) is 6.18 Å². The molecule has 0 aliphatic carbocycles. The quantitative estimate of drug-likeness (QED) is 0.588. The molecule has 0 aromatic carbocycles. The lowest BCUT2D eigenvalue weighted by molar-refractivity contribution is -0.122. The first-order valence-corrected chi connectivity index (χ1v) is 3.89. The summed E-state index contributed by atoms with van der Waals surface area (Å²) in [5, 5.41) is 3.86. The van der Waals surface area contributed by atoms with E-state index in [4.69, 9.17) is 5.73 Å². The van der Waals surface area contributed by atoms with Crippen molar-refractivity contribution in [3.63, 3.8) is 0 Å². The van der Waals surface area contributed by atoms with E-state index in [-0.39, 0.29) is 6.54 Å². The first kappa shape index (κ1) is 12.8. The third-order valence-corrected chi connectivity index (χ3v) is 1.13. The summed E-state index contributed by atoms with van der Waals surface area (Å²) in [6.07, 6.45) is -1.25. The van der Waals surface area contributed by atoms with Gasteiger partial charge in [-0.1, -0.05) is 12.2 Å². The van der Waals surface area contributed by atoms with Gasteiger partial charge in [0.1, 0.15) is 6.54 Å². The van der Waals surface area contributed by atoms with Crippen molar-refractivity contribution >= 4 is 6.03 Å². The van der Waals surface area contributed by atoms with Crippen molar-refractivity contribution in [1.82, 2.24) is 10.6 Å². The maximum Gasteiger partial charge on any atom is 0.405 e. The van der Waals surface area contributed by atoms with E-state index in [0.29, 0.717) is 6.54 Å². The van der Waals surface area contributed by atoms with Gasteiger partial charge in [0.15, 0.2) is 0 Å². The van der Waals surface area contributed by atoms with E-state index in [1.807, 2.05) is 0 Å². The average molecular weight is 211 g/mol. The Kier molecular flexibility index (Phi) is 5.70. The second kappa shape index (κ2) is 6.25. The van der Waals surface area contributed by atoms with Crippen LogP contribution in [-0.2, 0) is 0 Å². The van der Waals surface area contributed by atoms with Crippen LogP contribution in [0.15, 0.2) is 12.2 Å². The largest absolute Gasteiger partial charge is 0.405 e. The average Bonchev–Trinajstić information content (AvgIpc) is 2.08. The van der Waals surface area contributed by atoms with E-state index >= 15 is 0 Å². The van der Waals surface area contributed by atoms with Crippen LogP contribution in [0.4, 0.5) is 18.0 Å². The number of rotatable bonds is 4. The van der Waals surface area contributed by atoms with Gasteiger partial charge in [-0.25, -0.2) is 4.79 Å². The number of amides is 2. The molecule has 0 spiro atoms. The second-order valence-corrected chi connectivity index (χ2v) is 2.39. The molecular formula is C7H12F3N3O. The molecule has 0 aromatic heterocycles. The minimum atomic E-state index is -4.38. The number of nitrogens with one attached hydrogen (secondary N) is 2. The zero-order valence-electron chi connectivity index (χ0n) is 7.40. The summed E-state index contributed by atoms with van der Waals surface area (Å²) in [6, 6.07) is -0.857. The van der Waals surface area contributed by atoms with Gasteiger partial charge >= 0.3 is 12.2 Å². The molecule has 0 rings (SSSR count). The molecule has 0 saturated carbocycles. The van der Waals surface area contributed by atoms with Gasteiger partial charge in [0.25, 0.3) is 0 Å². The van der Waals surface area contributed by atoms with Gasteiger partial charge in [0.2, 0.25) is 0 Å². The van der Waals surface area contributed by atoms with Crippen LogP contribution in [0.3, 0.4) is 0 Å². The first-order valence-electron chi connectivity index (χ1n) is 3.89. The standard InChI is InChI=1S/C7H12F3N3O/c8-7(9,10)5-13-6(14)12-4-2-1-3-11/h1-2H,3-5,11H2,(H2,12,13,14)/b2-1+. The highest BCUT2D eigenvalue weighted by molar-refractivity contribution is 5.73. The smallest absolute Gasteiger partial charge is 0.335 e. The van der Waals surface area contributed by atoms with Gasteiger partial charge in [-0.05, 0) is 0 Å². The molecule has 0 aliphatic heterocycles. The fourth-order valence-electron chi connectivity index (χ4n) is 0.574. The molecule has 14 heavy (non-hydrogen) atoms. The molecule has 0 saturated heterocycles. The lowest BCUT2D eigenvalue weighted by atomic mass is 10.5. The molecule has 4 nitrogen and oxygen atoms in total. The summed E-state index contributed by atoms with van der Waals surface area (Å²) in [6.45, 7) is -0.855. The third-order valence-electron chi connectivity index (χ3n) is 1.13. The Labute approximate surface area is 79.3 Å². The summed E-state index contributed by atoms with van der Waals surface area (Å²) in [4.78, 5) is 10.7. The third kappa shape index (κ3) is 8.85. The number of halogens is 3. The van der Waals surface area contributed by atoms with Crippen LogP contribution in [0.25, 0.3) is 0 Å². The van der Waals surface area contributed by atoms with Crippen molar-refractivity contribution in [2.75, 3.05) is 19.6 Å². The predicted octanol–water partition coefficient (Wildman–Crippen LogP) is 0.363. The molecule has 0 radical (unpaired) electrons. The maximum atomic E-state index is 11.6. The maximum absolute atomic E-state index is 11.6. The fourth-order valence-corrected chi connectivity index (χ4v) is 0.574. The van der Waals surface area contributed by atoms with Gasteiger partial charge in [-0.15, -0.1) is 0 Å². The SMILES string of the molecule is NC/C=C/CNC(=O)NCC(F)(F)F. The van der Waals surface area contributed by atoms with Crippen LogP contribution < -0.4 is 16.4 Å². The van der Waals surface area contributed by atoms with E-state index in [1.54, 1.807) is 17.5 Å². The van der Waals surface area contributed by atoms with Crippen LogP contribution in [0, 0.1) is 0 Å². The summed E-state index contributed by atoms with van der Waals surface area (Å²) in [7, 11) is 0. The van der Waals surface area contributed by atoms with E-state index in [1.165, 1.54) is 0 Å². The number of hydrogen-bond donors (Lipinski definition) is 3. The van der Waals surface area contributed by atoms with E-state index in [9.17, 15) is 18.0 Å². The van der Waals surface area contributed by atoms with Crippen LogP contribution >= 0.6 is 0 Å². The molecule has 0 heterocycles. The van der Waals surface area contributed by atoms with Crippen LogP contribution in [-0.4, -0.2) is 31.8 Å². The Morgan fingerprint density at radius 2 is 1.93 bits per heavy atom. The number of alkyl halides is 3. The Morgan fingerprint density at radius 1 is 1.29 bits per heavy atom. The Morgan fingerprint density at radius 3 is 2.43 bits per heavy atom. The molecule has 2 amide bonds. The fraction of sp³-hybridized carbons (Fsp3) is 0.571. The van der Waals surface area contributed by atoms with Crippen LogP contribution in [0.1, 0.15) is 0 Å². The van der Waals surface area contributed by atoms with E-state index in [2.05, 4.69) is 5.32 Å². The highest BCUT2D eigenvalue weighted by Crippen LogP contribution is 2.11. The van der Waals surface area contributed by atoms with Crippen LogP contribution in [0.2, 0.25) is 0 Å². The van der Waals surface area contributed by atoms with Crippen molar-refractivity contribution in [2.24, 2.45) is 5.73 Å². The van der Waals surface area contributed by atoms with Crippen molar-refractivity contribution < 1.29 is 18.0 Å². The molecule has 0 unspecified atom stereocenters. The molecule has 82 valence electrons. The zero-order valence-corrected chi connectivity index (χ0v) is 7.40. The summed E-state index contributed by atoms with van der Waals surface area (Å²) >= 11 is 0. The van der Waals surface area contributed by atoms with Gasteiger partial charge < -0.3 is 16.4 Å². The molecule has 0 aliphatic rings. The van der Waals surface area contributed by atoms with Gasteiger partial charge in [0.05, 0.1) is 0 Å². The molecule has 0 aromatic rings. The highest BCUT2D eigenvalue weighted by atomic mass is 19.4. The first-order chi connectivity index (χ1) is 6.45. The zero-order chi connectivity index (χ0) is 11.0. The predicted molar refractivity (Wildman–Crippen MR) is 45.7 cm³/mol. The highest BCUT2D eigenvalue weighted by Gasteiger charge is 2.27. The lowest BCUT2D eigenvalue weighted by Gasteiger charge is -2.08. The normalized spacial score (nSPS) is 11.7. The molecular weight excluding hydrogens is 199 g/mol. The topological polar surface area (TPSA) is 67.1 Å². The molecule has 4 N–H and O–H groups in total. The number of hydrogen-bond acceptors (Lipinski definition) is 2. The van der Waals surface area contributed by atoms with E-state index < -0.39 is 18.8 Å². The second-order valence-electron chi connectivity index (χ2n) is 2.39. The summed E-state index contributed by atoms with van der Waals surface area (Å²) in [5.74, 6) is 0. The Bertz CT molecular complexity index is 203. The molecule has 0 fully saturated rings. The van der Waals surface area contributed by atoms with Crippen molar-refractivity contribution in [3.05, 3.63) is 12.2 Å². The number of nitrogens with two attached hydrogens (primary N) is 1. The molecule has 7 heteroatoms. The Balaban J connectivity index is 3.52. The van der Waals surface area contributed by atoms with Crippen molar-refractivity contribution in [3.8, 4) is 0 Å². The monoisotopic (exact) mass is 211 g/mol. The number of carbonyl (C=O) groups excluding carboxylic acids is 1. The summed E-state index contributed by atoms with van der Waals surface area (Å²) < 4.78 is 34.8. The summed E-state index contributed by atoms with van der Waals surface area (Å²) in [5.41, 5.74) is 5.10. The molecule has 0 bridgehead atoms.